The quantitative estimate of drug-likeness (QED) is 0.730. The number of benzene rings is 1. The van der Waals surface area contributed by atoms with Gasteiger partial charge in [-0.15, -0.1) is 0 Å². The Balaban J connectivity index is 2.30. The third kappa shape index (κ3) is 5.57. The molecule has 0 atom stereocenters. The average Bonchev–Trinajstić information content (AvgIpc) is 2.28. The van der Waals surface area contributed by atoms with Crippen molar-refractivity contribution >= 4 is 11.8 Å². The van der Waals surface area contributed by atoms with E-state index in [-0.39, 0.29) is 5.54 Å². The van der Waals surface area contributed by atoms with Crippen molar-refractivity contribution in [1.29, 1.82) is 0 Å². The number of hydrogen-bond acceptors (Lipinski definition) is 2. The maximum atomic E-state index is 3.61. The Labute approximate surface area is 104 Å². The number of thioether (sulfide) groups is 1. The molecule has 0 amide bonds. The molecule has 0 saturated carbocycles. The fourth-order valence-electron chi connectivity index (χ4n) is 1.68. The first-order valence-corrected chi connectivity index (χ1v) is 7.31. The van der Waals surface area contributed by atoms with E-state index in [1.807, 2.05) is 11.8 Å². The highest BCUT2D eigenvalue weighted by Gasteiger charge is 2.15. The molecule has 0 saturated heterocycles. The van der Waals surface area contributed by atoms with Gasteiger partial charge in [-0.2, -0.15) is 11.8 Å². The van der Waals surface area contributed by atoms with Gasteiger partial charge in [-0.3, -0.25) is 0 Å². The third-order valence-electron chi connectivity index (χ3n) is 2.79. The van der Waals surface area contributed by atoms with Crippen molar-refractivity contribution < 1.29 is 0 Å². The van der Waals surface area contributed by atoms with Crippen molar-refractivity contribution in [2.45, 2.75) is 32.2 Å². The molecule has 0 radical (unpaired) electrons. The van der Waals surface area contributed by atoms with Crippen molar-refractivity contribution in [3.05, 3.63) is 35.9 Å². The molecule has 16 heavy (non-hydrogen) atoms. The van der Waals surface area contributed by atoms with Gasteiger partial charge in [0.25, 0.3) is 0 Å². The highest BCUT2D eigenvalue weighted by Crippen LogP contribution is 2.13. The normalized spacial score (nSPS) is 11.7. The van der Waals surface area contributed by atoms with Gasteiger partial charge in [-0.1, -0.05) is 30.3 Å². The van der Waals surface area contributed by atoms with Gasteiger partial charge in [-0.25, -0.2) is 0 Å². The van der Waals surface area contributed by atoms with Gasteiger partial charge in [0, 0.05) is 17.8 Å². The first kappa shape index (κ1) is 13.6. The predicted molar refractivity (Wildman–Crippen MR) is 75.2 cm³/mol. The molecule has 0 bridgehead atoms. The third-order valence-corrected chi connectivity index (χ3v) is 3.40. The van der Waals surface area contributed by atoms with Gasteiger partial charge in [0.15, 0.2) is 0 Å². The molecular weight excluding hydrogens is 214 g/mol. The van der Waals surface area contributed by atoms with Gasteiger partial charge in [-0.05, 0) is 38.5 Å². The molecule has 0 aliphatic heterocycles. The Morgan fingerprint density at radius 1 is 1.19 bits per heavy atom. The summed E-state index contributed by atoms with van der Waals surface area (Å²) in [4.78, 5) is 0. The molecule has 1 aromatic rings. The molecule has 0 heterocycles. The highest BCUT2D eigenvalue weighted by atomic mass is 32.2. The summed E-state index contributed by atoms with van der Waals surface area (Å²) in [6.45, 7) is 5.68. The average molecular weight is 237 g/mol. The molecular formula is C14H23NS. The van der Waals surface area contributed by atoms with Gasteiger partial charge < -0.3 is 5.32 Å². The minimum absolute atomic E-state index is 0.242. The zero-order valence-corrected chi connectivity index (χ0v) is 11.4. The molecule has 1 nitrogen and oxygen atoms in total. The van der Waals surface area contributed by atoms with Crippen LogP contribution in [0.25, 0.3) is 0 Å². The van der Waals surface area contributed by atoms with Crippen LogP contribution in [0.1, 0.15) is 25.8 Å². The summed E-state index contributed by atoms with van der Waals surface area (Å²) in [7, 11) is 0. The molecule has 1 rings (SSSR count). The Bertz CT molecular complexity index is 282. The van der Waals surface area contributed by atoms with Crippen LogP contribution in [0.5, 0.6) is 0 Å². The standard InChI is InChI=1S/C14H23NS/c1-14(2,15-11-12-16-3)10-9-13-7-5-4-6-8-13/h4-8,15H,9-12H2,1-3H3. The topological polar surface area (TPSA) is 12.0 Å². The van der Waals surface area contributed by atoms with E-state index in [1.54, 1.807) is 0 Å². The van der Waals surface area contributed by atoms with Crippen molar-refractivity contribution in [2.24, 2.45) is 0 Å². The number of rotatable bonds is 7. The SMILES string of the molecule is CSCCNC(C)(C)CCc1ccccc1. The molecule has 0 fully saturated rings. The minimum atomic E-state index is 0.242. The molecule has 0 unspecified atom stereocenters. The van der Waals surface area contributed by atoms with Crippen LogP contribution in [0.4, 0.5) is 0 Å². The molecule has 0 spiro atoms. The van der Waals surface area contributed by atoms with E-state index in [4.69, 9.17) is 0 Å². The maximum absolute atomic E-state index is 3.61. The van der Waals surface area contributed by atoms with Crippen LogP contribution in [0, 0.1) is 0 Å². The maximum Gasteiger partial charge on any atom is 0.0128 e. The van der Waals surface area contributed by atoms with Crippen LogP contribution in [0.15, 0.2) is 30.3 Å². The van der Waals surface area contributed by atoms with Crippen LogP contribution in [-0.2, 0) is 6.42 Å². The van der Waals surface area contributed by atoms with Gasteiger partial charge in [0.05, 0.1) is 0 Å². The Morgan fingerprint density at radius 3 is 2.50 bits per heavy atom. The highest BCUT2D eigenvalue weighted by molar-refractivity contribution is 7.98. The first-order valence-electron chi connectivity index (χ1n) is 5.92. The molecule has 90 valence electrons. The summed E-state index contributed by atoms with van der Waals surface area (Å²) in [6.07, 6.45) is 4.49. The first-order chi connectivity index (χ1) is 7.64. The molecule has 0 aromatic heterocycles. The van der Waals surface area contributed by atoms with Crippen LogP contribution >= 0.6 is 11.8 Å². The fraction of sp³-hybridized carbons (Fsp3) is 0.571. The van der Waals surface area contributed by atoms with Gasteiger partial charge >= 0.3 is 0 Å². The summed E-state index contributed by atoms with van der Waals surface area (Å²) in [5, 5.41) is 3.61. The second kappa shape index (κ2) is 6.97. The van der Waals surface area contributed by atoms with Crippen molar-refractivity contribution in [3.8, 4) is 0 Å². The number of hydrogen-bond donors (Lipinski definition) is 1. The van der Waals surface area contributed by atoms with Crippen molar-refractivity contribution in [1.82, 2.24) is 5.32 Å². The summed E-state index contributed by atoms with van der Waals surface area (Å²) in [5.41, 5.74) is 1.67. The molecule has 2 heteroatoms. The zero-order chi connectivity index (χ0) is 11.9. The Morgan fingerprint density at radius 2 is 1.88 bits per heavy atom. The predicted octanol–water partition coefficient (Wildman–Crippen LogP) is 3.35. The van der Waals surface area contributed by atoms with Crippen LogP contribution in [0.2, 0.25) is 0 Å². The van der Waals surface area contributed by atoms with E-state index >= 15 is 0 Å². The van der Waals surface area contributed by atoms with E-state index in [0.29, 0.717) is 0 Å². The van der Waals surface area contributed by atoms with Crippen LogP contribution < -0.4 is 5.32 Å². The fourth-order valence-corrected chi connectivity index (χ4v) is 1.99. The molecule has 0 aliphatic rings. The number of aryl methyl sites for hydroxylation is 1. The molecule has 1 aromatic carbocycles. The number of nitrogens with one attached hydrogen (secondary N) is 1. The smallest absolute Gasteiger partial charge is 0.0128 e. The minimum Gasteiger partial charge on any atom is -0.311 e. The van der Waals surface area contributed by atoms with Crippen LogP contribution in [0.3, 0.4) is 0 Å². The second-order valence-electron chi connectivity index (χ2n) is 4.79. The van der Waals surface area contributed by atoms with E-state index in [9.17, 15) is 0 Å². The van der Waals surface area contributed by atoms with E-state index in [2.05, 4.69) is 55.8 Å². The summed E-state index contributed by atoms with van der Waals surface area (Å²) in [6, 6.07) is 10.7. The van der Waals surface area contributed by atoms with Crippen LogP contribution in [-0.4, -0.2) is 24.1 Å². The van der Waals surface area contributed by atoms with Gasteiger partial charge in [0.2, 0.25) is 0 Å². The zero-order valence-electron chi connectivity index (χ0n) is 10.6. The lowest BCUT2D eigenvalue weighted by Gasteiger charge is -2.26. The van der Waals surface area contributed by atoms with E-state index in [1.165, 1.54) is 17.7 Å². The van der Waals surface area contributed by atoms with Gasteiger partial charge in [0.1, 0.15) is 0 Å². The largest absolute Gasteiger partial charge is 0.311 e. The second-order valence-corrected chi connectivity index (χ2v) is 5.77. The lowest BCUT2D eigenvalue weighted by molar-refractivity contribution is 0.373. The lowest BCUT2D eigenvalue weighted by atomic mass is 9.95. The van der Waals surface area contributed by atoms with Crippen molar-refractivity contribution in [2.75, 3.05) is 18.6 Å². The van der Waals surface area contributed by atoms with E-state index in [0.717, 1.165) is 13.0 Å². The Kier molecular flexibility index (Phi) is 5.93. The monoisotopic (exact) mass is 237 g/mol. The van der Waals surface area contributed by atoms with Crippen molar-refractivity contribution in [3.63, 3.8) is 0 Å². The van der Waals surface area contributed by atoms with E-state index < -0.39 is 0 Å². The molecule has 1 N–H and O–H groups in total. The summed E-state index contributed by atoms with van der Waals surface area (Å²) >= 11 is 1.89. The molecule has 0 aliphatic carbocycles. The summed E-state index contributed by atoms with van der Waals surface area (Å²) < 4.78 is 0. The summed E-state index contributed by atoms with van der Waals surface area (Å²) in [5.74, 6) is 1.19. The Hall–Kier alpha value is -0.470. The lowest BCUT2D eigenvalue weighted by Crippen LogP contribution is -2.40.